The maximum atomic E-state index is 13.2. The minimum absolute atomic E-state index is 0.115. The Labute approximate surface area is 218 Å². The van der Waals surface area contributed by atoms with Crippen molar-refractivity contribution in [2.45, 2.75) is 33.4 Å². The molecular formula is C31H34N2O4. The Kier molecular flexibility index (Phi) is 8.41. The summed E-state index contributed by atoms with van der Waals surface area (Å²) in [5.74, 6) is -0.772. The van der Waals surface area contributed by atoms with Crippen LogP contribution < -0.4 is 4.74 Å². The molecule has 192 valence electrons. The summed E-state index contributed by atoms with van der Waals surface area (Å²) in [6.07, 6.45) is 0. The lowest BCUT2D eigenvalue weighted by molar-refractivity contribution is -0.140. The van der Waals surface area contributed by atoms with Crippen LogP contribution in [-0.2, 0) is 16.2 Å². The summed E-state index contributed by atoms with van der Waals surface area (Å²) in [5.41, 5.74) is 3.61. The van der Waals surface area contributed by atoms with Crippen molar-refractivity contribution in [2.24, 2.45) is 0 Å². The molecule has 1 N–H and O–H groups in total. The number of aliphatic hydroxyl groups excluding tert-OH is 1. The van der Waals surface area contributed by atoms with Crippen LogP contribution in [0.15, 0.2) is 84.4 Å². The first-order valence-corrected chi connectivity index (χ1v) is 12.8. The Morgan fingerprint density at radius 3 is 2.30 bits per heavy atom. The third kappa shape index (κ3) is 5.92. The lowest BCUT2D eigenvalue weighted by Gasteiger charge is -2.28. The molecule has 1 fully saturated rings. The Bertz CT molecular complexity index is 1260. The first kappa shape index (κ1) is 26.2. The zero-order valence-electron chi connectivity index (χ0n) is 21.7. The second kappa shape index (κ2) is 11.9. The van der Waals surface area contributed by atoms with E-state index >= 15 is 0 Å². The van der Waals surface area contributed by atoms with Gasteiger partial charge in [-0.2, -0.15) is 0 Å². The minimum atomic E-state index is -0.661. The molecule has 1 aliphatic rings. The van der Waals surface area contributed by atoms with Crippen LogP contribution in [0.1, 0.15) is 42.1 Å². The molecule has 0 bridgehead atoms. The Morgan fingerprint density at radius 2 is 1.65 bits per heavy atom. The minimum Gasteiger partial charge on any atom is -0.507 e. The van der Waals surface area contributed by atoms with Crippen molar-refractivity contribution in [3.05, 3.63) is 107 Å². The summed E-state index contributed by atoms with van der Waals surface area (Å²) in [5, 5.41) is 11.3. The molecule has 6 heteroatoms. The van der Waals surface area contributed by atoms with E-state index in [0.717, 1.165) is 24.2 Å². The first-order chi connectivity index (χ1) is 17.9. The largest absolute Gasteiger partial charge is 0.507 e. The van der Waals surface area contributed by atoms with E-state index in [1.165, 1.54) is 5.56 Å². The predicted molar refractivity (Wildman–Crippen MR) is 145 cm³/mol. The zero-order chi connectivity index (χ0) is 26.4. The lowest BCUT2D eigenvalue weighted by Crippen LogP contribution is -2.38. The lowest BCUT2D eigenvalue weighted by atomic mass is 9.95. The van der Waals surface area contributed by atoms with E-state index < -0.39 is 17.7 Å². The number of nitrogens with zero attached hydrogens (tertiary/aromatic N) is 2. The van der Waals surface area contributed by atoms with Gasteiger partial charge in [0.1, 0.15) is 18.1 Å². The molecule has 1 amide bonds. The van der Waals surface area contributed by atoms with Crippen LogP contribution in [0.5, 0.6) is 5.75 Å². The molecule has 1 saturated heterocycles. The molecule has 1 heterocycles. The SMILES string of the molecule is CCN(CC)CCN1C(=O)C(=O)/C(=C(\O)c2ccc(OCc3cccc(C)c3)cc2)C1c1ccccc1. The van der Waals surface area contributed by atoms with Crippen LogP contribution in [0.3, 0.4) is 0 Å². The number of benzene rings is 3. The number of rotatable bonds is 10. The van der Waals surface area contributed by atoms with Gasteiger partial charge in [0, 0.05) is 18.7 Å². The average molecular weight is 499 g/mol. The van der Waals surface area contributed by atoms with Crippen LogP contribution in [0, 0.1) is 6.92 Å². The highest BCUT2D eigenvalue weighted by atomic mass is 16.5. The number of ketones is 1. The average Bonchev–Trinajstić information content (AvgIpc) is 3.18. The summed E-state index contributed by atoms with van der Waals surface area (Å²) in [4.78, 5) is 30.1. The van der Waals surface area contributed by atoms with Gasteiger partial charge in [-0.05, 0) is 55.4 Å². The molecule has 4 rings (SSSR count). The Morgan fingerprint density at radius 1 is 0.946 bits per heavy atom. The van der Waals surface area contributed by atoms with Crippen LogP contribution in [0.4, 0.5) is 0 Å². The maximum Gasteiger partial charge on any atom is 0.295 e. The van der Waals surface area contributed by atoms with Crippen molar-refractivity contribution in [3.63, 3.8) is 0 Å². The van der Waals surface area contributed by atoms with Gasteiger partial charge in [0.25, 0.3) is 11.7 Å². The smallest absolute Gasteiger partial charge is 0.295 e. The highest BCUT2D eigenvalue weighted by molar-refractivity contribution is 6.46. The second-order valence-electron chi connectivity index (χ2n) is 9.23. The molecule has 3 aromatic rings. The fourth-order valence-electron chi connectivity index (χ4n) is 4.71. The number of carbonyl (C=O) groups excluding carboxylic acids is 2. The highest BCUT2D eigenvalue weighted by Gasteiger charge is 2.45. The molecule has 0 radical (unpaired) electrons. The number of likely N-dealkylation sites (N-methyl/N-ethyl adjacent to an activating group) is 1. The van der Waals surface area contributed by atoms with Crippen LogP contribution in [0.25, 0.3) is 5.76 Å². The van der Waals surface area contributed by atoms with Gasteiger partial charge in [-0.1, -0.05) is 74.0 Å². The fourth-order valence-corrected chi connectivity index (χ4v) is 4.71. The van der Waals surface area contributed by atoms with Gasteiger partial charge in [-0.3, -0.25) is 9.59 Å². The molecule has 0 aliphatic carbocycles. The van der Waals surface area contributed by atoms with Gasteiger partial charge in [0.2, 0.25) is 0 Å². The molecule has 1 unspecified atom stereocenters. The molecule has 37 heavy (non-hydrogen) atoms. The van der Waals surface area contributed by atoms with Crippen LogP contribution in [-0.4, -0.2) is 52.8 Å². The van der Waals surface area contributed by atoms with Crippen molar-refractivity contribution in [1.29, 1.82) is 0 Å². The number of carbonyl (C=O) groups is 2. The summed E-state index contributed by atoms with van der Waals surface area (Å²) in [6, 6.07) is 23.8. The molecule has 1 aliphatic heterocycles. The van der Waals surface area contributed by atoms with Crippen molar-refractivity contribution >= 4 is 17.4 Å². The van der Waals surface area contributed by atoms with E-state index in [2.05, 4.69) is 24.8 Å². The normalized spacial score (nSPS) is 17.0. The van der Waals surface area contributed by atoms with Gasteiger partial charge in [-0.15, -0.1) is 0 Å². The van der Waals surface area contributed by atoms with E-state index in [4.69, 9.17) is 4.74 Å². The quantitative estimate of drug-likeness (QED) is 0.232. The summed E-state index contributed by atoms with van der Waals surface area (Å²) in [6.45, 7) is 9.37. The number of hydrogen-bond donors (Lipinski definition) is 1. The van der Waals surface area contributed by atoms with E-state index in [-0.39, 0.29) is 11.3 Å². The predicted octanol–water partition coefficient (Wildman–Crippen LogP) is 5.34. The van der Waals surface area contributed by atoms with E-state index in [1.54, 1.807) is 29.2 Å². The Balaban J connectivity index is 1.61. The number of Topliss-reactive ketones (excluding diaryl/α,β-unsaturated/α-hetero) is 1. The standard InChI is InChI=1S/C31H34N2O4/c1-4-32(5-2)18-19-33-28(24-12-7-6-8-13-24)27(30(35)31(33)36)29(34)25-14-16-26(17-15-25)37-21-23-11-9-10-22(3)20-23/h6-17,20,28,34H,4-5,18-19,21H2,1-3H3/b29-27-. The molecule has 0 saturated carbocycles. The van der Waals surface area contributed by atoms with Gasteiger partial charge >= 0.3 is 0 Å². The number of amides is 1. The van der Waals surface area contributed by atoms with E-state index in [1.807, 2.05) is 55.5 Å². The maximum absolute atomic E-state index is 13.2. The summed E-state index contributed by atoms with van der Waals surface area (Å²) >= 11 is 0. The fraction of sp³-hybridized carbons (Fsp3) is 0.290. The topological polar surface area (TPSA) is 70.1 Å². The number of hydrogen-bond acceptors (Lipinski definition) is 5. The molecular weight excluding hydrogens is 464 g/mol. The Hall–Kier alpha value is -3.90. The summed E-state index contributed by atoms with van der Waals surface area (Å²) in [7, 11) is 0. The van der Waals surface area contributed by atoms with Crippen molar-refractivity contribution in [1.82, 2.24) is 9.80 Å². The van der Waals surface area contributed by atoms with Gasteiger partial charge in [-0.25, -0.2) is 0 Å². The molecule has 0 spiro atoms. The second-order valence-corrected chi connectivity index (χ2v) is 9.23. The molecule has 1 atom stereocenters. The van der Waals surface area contributed by atoms with Gasteiger partial charge < -0.3 is 19.6 Å². The van der Waals surface area contributed by atoms with Gasteiger partial charge in [0.05, 0.1) is 11.6 Å². The zero-order valence-corrected chi connectivity index (χ0v) is 21.7. The van der Waals surface area contributed by atoms with E-state index in [9.17, 15) is 14.7 Å². The number of aliphatic hydroxyl groups is 1. The van der Waals surface area contributed by atoms with Crippen molar-refractivity contribution in [2.75, 3.05) is 26.2 Å². The molecule has 0 aromatic heterocycles. The van der Waals surface area contributed by atoms with Crippen LogP contribution in [0.2, 0.25) is 0 Å². The van der Waals surface area contributed by atoms with E-state index in [0.29, 0.717) is 31.0 Å². The van der Waals surface area contributed by atoms with Crippen molar-refractivity contribution in [3.8, 4) is 5.75 Å². The summed E-state index contributed by atoms with van der Waals surface area (Å²) < 4.78 is 5.90. The van der Waals surface area contributed by atoms with Gasteiger partial charge in [0.15, 0.2) is 0 Å². The number of ether oxygens (including phenoxy) is 1. The van der Waals surface area contributed by atoms with Crippen LogP contribution >= 0.6 is 0 Å². The third-order valence-corrected chi connectivity index (χ3v) is 6.82. The third-order valence-electron chi connectivity index (χ3n) is 6.82. The number of likely N-dealkylation sites (tertiary alicyclic amines) is 1. The highest BCUT2D eigenvalue weighted by Crippen LogP contribution is 2.39. The number of aryl methyl sites for hydroxylation is 1. The monoisotopic (exact) mass is 498 g/mol. The van der Waals surface area contributed by atoms with Crippen molar-refractivity contribution < 1.29 is 19.4 Å². The molecule has 6 nitrogen and oxygen atoms in total. The first-order valence-electron chi connectivity index (χ1n) is 12.8. The molecule has 3 aromatic carbocycles.